The molecule has 2 amide bonds. The molecule has 0 saturated carbocycles. The van der Waals surface area contributed by atoms with Crippen molar-refractivity contribution in [2.75, 3.05) is 13.1 Å². The third kappa shape index (κ3) is 4.58. The van der Waals surface area contributed by atoms with Crippen LogP contribution in [0.15, 0.2) is 42.6 Å². The van der Waals surface area contributed by atoms with Crippen molar-refractivity contribution in [1.29, 1.82) is 0 Å². The highest BCUT2D eigenvalue weighted by Gasteiger charge is 2.25. The lowest BCUT2D eigenvalue weighted by Crippen LogP contribution is -2.48. The van der Waals surface area contributed by atoms with E-state index >= 15 is 0 Å². The summed E-state index contributed by atoms with van der Waals surface area (Å²) in [5.74, 6) is 0.492. The van der Waals surface area contributed by atoms with Gasteiger partial charge in [0.2, 0.25) is 5.88 Å². The van der Waals surface area contributed by atoms with Crippen LogP contribution in [-0.4, -0.2) is 40.3 Å². The monoisotopic (exact) mass is 346 g/mol. The lowest BCUT2D eigenvalue weighted by molar-refractivity contribution is 0.0969. The first-order valence-electron chi connectivity index (χ1n) is 7.92. The molecule has 0 radical (unpaired) electrons. The molecule has 3 rings (SSSR count). The van der Waals surface area contributed by atoms with Crippen molar-refractivity contribution in [2.45, 2.75) is 25.5 Å². The molecule has 0 unspecified atom stereocenters. The highest BCUT2D eigenvalue weighted by Crippen LogP contribution is 2.16. The molecule has 7 heteroatoms. The Morgan fingerprint density at radius 2 is 2.17 bits per heavy atom. The van der Waals surface area contributed by atoms with Crippen molar-refractivity contribution >= 4 is 17.6 Å². The van der Waals surface area contributed by atoms with E-state index in [-0.39, 0.29) is 12.1 Å². The SMILES string of the molecule is O=C(NCc1ccc(Cl)cc1)N1CCC[C@H](Oc2cccnn2)C1. The summed E-state index contributed by atoms with van der Waals surface area (Å²) in [7, 11) is 0. The first-order chi connectivity index (χ1) is 11.7. The molecule has 0 aliphatic carbocycles. The van der Waals surface area contributed by atoms with Crippen molar-refractivity contribution < 1.29 is 9.53 Å². The largest absolute Gasteiger partial charge is 0.471 e. The number of carbonyl (C=O) groups excluding carboxylic acids is 1. The number of rotatable bonds is 4. The van der Waals surface area contributed by atoms with Crippen molar-refractivity contribution in [2.24, 2.45) is 0 Å². The second-order valence-corrected chi connectivity index (χ2v) is 6.11. The van der Waals surface area contributed by atoms with Crippen molar-refractivity contribution in [3.63, 3.8) is 0 Å². The van der Waals surface area contributed by atoms with Crippen LogP contribution in [0.4, 0.5) is 4.79 Å². The Labute approximate surface area is 145 Å². The molecule has 1 N–H and O–H groups in total. The van der Waals surface area contributed by atoms with Gasteiger partial charge < -0.3 is 15.0 Å². The second kappa shape index (κ2) is 7.97. The number of hydrogen-bond donors (Lipinski definition) is 1. The molecule has 1 aromatic heterocycles. The van der Waals surface area contributed by atoms with E-state index in [2.05, 4.69) is 15.5 Å². The molecule has 2 heterocycles. The van der Waals surface area contributed by atoms with E-state index in [1.54, 1.807) is 23.2 Å². The van der Waals surface area contributed by atoms with Gasteiger partial charge in [0.25, 0.3) is 0 Å². The molecule has 1 aliphatic rings. The van der Waals surface area contributed by atoms with Crippen LogP contribution in [0, 0.1) is 0 Å². The van der Waals surface area contributed by atoms with E-state index in [9.17, 15) is 4.79 Å². The standard InChI is InChI=1S/C17H19ClN4O2/c18-14-7-5-13(6-8-14)11-19-17(23)22-10-2-3-15(12-22)24-16-4-1-9-20-21-16/h1,4-9,15H,2-3,10-12H2,(H,19,23)/t15-/m0/s1. The van der Waals surface area contributed by atoms with Crippen molar-refractivity contribution in [3.05, 3.63) is 53.2 Å². The predicted octanol–water partition coefficient (Wildman–Crippen LogP) is 2.88. The highest BCUT2D eigenvalue weighted by atomic mass is 35.5. The smallest absolute Gasteiger partial charge is 0.317 e. The van der Waals surface area contributed by atoms with E-state index < -0.39 is 0 Å². The van der Waals surface area contributed by atoms with Gasteiger partial charge in [-0.25, -0.2) is 4.79 Å². The number of likely N-dealkylation sites (tertiary alicyclic amines) is 1. The minimum atomic E-state index is -0.0857. The van der Waals surface area contributed by atoms with E-state index in [1.165, 1.54) is 0 Å². The molecule has 0 spiro atoms. The Morgan fingerprint density at radius 3 is 2.92 bits per heavy atom. The molecule has 6 nitrogen and oxygen atoms in total. The summed E-state index contributed by atoms with van der Waals surface area (Å²) in [6, 6.07) is 10.9. The molecular weight excluding hydrogens is 328 g/mol. The summed E-state index contributed by atoms with van der Waals surface area (Å²) < 4.78 is 5.80. The zero-order chi connectivity index (χ0) is 16.8. The maximum absolute atomic E-state index is 12.3. The Bertz CT molecular complexity index is 666. The van der Waals surface area contributed by atoms with Crippen LogP contribution in [0.1, 0.15) is 18.4 Å². The first kappa shape index (κ1) is 16.5. The summed E-state index contributed by atoms with van der Waals surface area (Å²) in [5, 5.41) is 11.3. The number of amides is 2. The second-order valence-electron chi connectivity index (χ2n) is 5.68. The quantitative estimate of drug-likeness (QED) is 0.924. The summed E-state index contributed by atoms with van der Waals surface area (Å²) >= 11 is 5.86. The third-order valence-corrected chi connectivity index (χ3v) is 4.11. The number of carbonyl (C=O) groups is 1. The Balaban J connectivity index is 1.50. The predicted molar refractivity (Wildman–Crippen MR) is 90.9 cm³/mol. The van der Waals surface area contributed by atoms with Gasteiger partial charge in [0.05, 0.1) is 6.54 Å². The van der Waals surface area contributed by atoms with Crippen LogP contribution in [0.5, 0.6) is 5.88 Å². The van der Waals surface area contributed by atoms with E-state index in [1.807, 2.05) is 24.3 Å². The number of aromatic nitrogens is 2. The summed E-state index contributed by atoms with van der Waals surface area (Å²) in [5.41, 5.74) is 1.01. The molecule has 1 aliphatic heterocycles. The van der Waals surface area contributed by atoms with Crippen LogP contribution in [0.25, 0.3) is 0 Å². The Kier molecular flexibility index (Phi) is 5.48. The first-order valence-corrected chi connectivity index (χ1v) is 8.30. The molecule has 0 bridgehead atoms. The van der Waals surface area contributed by atoms with E-state index in [0.717, 1.165) is 24.9 Å². The van der Waals surface area contributed by atoms with Crippen molar-refractivity contribution in [3.8, 4) is 5.88 Å². The molecular formula is C17H19ClN4O2. The van der Waals surface area contributed by atoms with Gasteiger partial charge in [0.1, 0.15) is 6.10 Å². The summed E-state index contributed by atoms with van der Waals surface area (Å²) in [6.45, 7) is 1.75. The van der Waals surface area contributed by atoms with Gasteiger partial charge in [-0.2, -0.15) is 5.10 Å². The zero-order valence-corrected chi connectivity index (χ0v) is 13.9. The summed E-state index contributed by atoms with van der Waals surface area (Å²) in [6.07, 6.45) is 3.35. The molecule has 1 fully saturated rings. The molecule has 126 valence electrons. The van der Waals surface area contributed by atoms with Gasteiger partial charge in [-0.15, -0.1) is 5.10 Å². The fourth-order valence-corrected chi connectivity index (χ4v) is 2.76. The number of benzene rings is 1. The summed E-state index contributed by atoms with van der Waals surface area (Å²) in [4.78, 5) is 14.1. The number of piperidine rings is 1. The fourth-order valence-electron chi connectivity index (χ4n) is 2.63. The lowest BCUT2D eigenvalue weighted by Gasteiger charge is -2.32. The highest BCUT2D eigenvalue weighted by molar-refractivity contribution is 6.30. The molecule has 1 atom stereocenters. The van der Waals surface area contributed by atoms with Gasteiger partial charge in [0, 0.05) is 30.4 Å². The number of ether oxygens (including phenoxy) is 1. The minimum Gasteiger partial charge on any atom is -0.471 e. The van der Waals surface area contributed by atoms with Gasteiger partial charge in [-0.05, 0) is 36.6 Å². The Hall–Kier alpha value is -2.34. The van der Waals surface area contributed by atoms with Crippen LogP contribution in [0.2, 0.25) is 5.02 Å². The number of halogens is 1. The van der Waals surface area contributed by atoms with Crippen LogP contribution < -0.4 is 10.1 Å². The Morgan fingerprint density at radius 1 is 1.33 bits per heavy atom. The number of urea groups is 1. The minimum absolute atomic E-state index is 0.0586. The van der Waals surface area contributed by atoms with Gasteiger partial charge in [-0.1, -0.05) is 23.7 Å². The van der Waals surface area contributed by atoms with Crippen LogP contribution >= 0.6 is 11.6 Å². The third-order valence-electron chi connectivity index (χ3n) is 3.86. The average Bonchev–Trinajstić information content (AvgIpc) is 2.62. The lowest BCUT2D eigenvalue weighted by atomic mass is 10.1. The molecule has 1 saturated heterocycles. The van der Waals surface area contributed by atoms with Gasteiger partial charge in [0.15, 0.2) is 0 Å². The van der Waals surface area contributed by atoms with E-state index in [4.69, 9.17) is 16.3 Å². The molecule has 2 aromatic rings. The maximum Gasteiger partial charge on any atom is 0.317 e. The number of nitrogens with zero attached hydrogens (tertiary/aromatic N) is 3. The van der Waals surface area contributed by atoms with Crippen molar-refractivity contribution in [1.82, 2.24) is 20.4 Å². The topological polar surface area (TPSA) is 67.4 Å². The zero-order valence-electron chi connectivity index (χ0n) is 13.2. The van der Waals surface area contributed by atoms with Gasteiger partial charge in [-0.3, -0.25) is 0 Å². The van der Waals surface area contributed by atoms with Crippen LogP contribution in [0.3, 0.4) is 0 Å². The molecule has 1 aromatic carbocycles. The number of hydrogen-bond acceptors (Lipinski definition) is 4. The fraction of sp³-hybridized carbons (Fsp3) is 0.353. The van der Waals surface area contributed by atoms with Crippen LogP contribution in [-0.2, 0) is 6.54 Å². The number of nitrogens with one attached hydrogen (secondary N) is 1. The normalized spacial score (nSPS) is 17.4. The average molecular weight is 347 g/mol. The van der Waals surface area contributed by atoms with Gasteiger partial charge >= 0.3 is 6.03 Å². The maximum atomic E-state index is 12.3. The van der Waals surface area contributed by atoms with E-state index in [0.29, 0.717) is 24.0 Å². The molecule has 24 heavy (non-hydrogen) atoms.